The predicted molar refractivity (Wildman–Crippen MR) is 83.7 cm³/mol. The van der Waals surface area contributed by atoms with Gasteiger partial charge in [-0.15, -0.1) is 11.3 Å². The largest absolute Gasteiger partial charge is 0.324 e. The number of amides is 2. The lowest BCUT2D eigenvalue weighted by Crippen LogP contribution is -2.45. The van der Waals surface area contributed by atoms with E-state index in [1.807, 2.05) is 12.3 Å². The Balaban J connectivity index is 1.60. The molecule has 7 heteroatoms. The van der Waals surface area contributed by atoms with Gasteiger partial charge in [0.1, 0.15) is 0 Å². The average Bonchev–Trinajstić information content (AvgIpc) is 2.94. The third kappa shape index (κ3) is 3.09. The summed E-state index contributed by atoms with van der Waals surface area (Å²) in [4.78, 5) is 22.1. The van der Waals surface area contributed by atoms with E-state index in [0.717, 1.165) is 5.69 Å². The van der Waals surface area contributed by atoms with Crippen molar-refractivity contribution in [2.75, 3.05) is 18.4 Å². The van der Waals surface area contributed by atoms with Gasteiger partial charge in [-0.25, -0.2) is 14.2 Å². The number of halogens is 1. The quantitative estimate of drug-likeness (QED) is 0.923. The van der Waals surface area contributed by atoms with Crippen LogP contribution in [0.1, 0.15) is 24.2 Å². The SMILES string of the molecule is Cc1csc(NC(=O)N2CCC(F)(c3ccccn3)CC2)n1. The number of pyridine rings is 1. The van der Waals surface area contributed by atoms with Crippen molar-refractivity contribution < 1.29 is 9.18 Å². The number of piperidine rings is 1. The van der Waals surface area contributed by atoms with Crippen molar-refractivity contribution in [3.8, 4) is 0 Å². The lowest BCUT2D eigenvalue weighted by molar-refractivity contribution is 0.0683. The number of urea groups is 1. The molecule has 0 aromatic carbocycles. The van der Waals surface area contributed by atoms with Crippen molar-refractivity contribution >= 4 is 22.5 Å². The molecule has 2 amide bonds. The van der Waals surface area contributed by atoms with Crippen LogP contribution in [-0.2, 0) is 5.67 Å². The van der Waals surface area contributed by atoms with E-state index in [4.69, 9.17) is 0 Å². The van der Waals surface area contributed by atoms with Gasteiger partial charge in [0, 0.05) is 37.5 Å². The molecule has 3 rings (SSSR count). The van der Waals surface area contributed by atoms with Gasteiger partial charge in [0.05, 0.1) is 11.4 Å². The number of aromatic nitrogens is 2. The van der Waals surface area contributed by atoms with E-state index in [0.29, 0.717) is 23.9 Å². The van der Waals surface area contributed by atoms with Crippen molar-refractivity contribution in [3.63, 3.8) is 0 Å². The standard InChI is InChI=1S/C15H17FN4OS/c1-11-10-22-13(18-11)19-14(21)20-8-5-15(16,6-9-20)12-4-2-3-7-17-12/h2-4,7,10H,5-6,8-9H2,1H3,(H,18,19,21). The van der Waals surface area contributed by atoms with E-state index in [1.165, 1.54) is 11.3 Å². The fourth-order valence-electron chi connectivity index (χ4n) is 2.53. The predicted octanol–water partition coefficient (Wildman–Crippen LogP) is 3.34. The zero-order valence-corrected chi connectivity index (χ0v) is 13.1. The van der Waals surface area contributed by atoms with Crippen LogP contribution in [0, 0.1) is 6.92 Å². The van der Waals surface area contributed by atoms with E-state index in [9.17, 15) is 9.18 Å². The number of aryl methyl sites for hydroxylation is 1. The number of carbonyl (C=O) groups is 1. The maximum absolute atomic E-state index is 14.9. The average molecular weight is 320 g/mol. The molecule has 3 heterocycles. The second-order valence-electron chi connectivity index (χ2n) is 5.39. The molecule has 1 N–H and O–H groups in total. The molecular formula is C15H17FN4OS. The fraction of sp³-hybridized carbons (Fsp3) is 0.400. The third-order valence-corrected chi connectivity index (χ3v) is 4.68. The molecule has 0 atom stereocenters. The van der Waals surface area contributed by atoms with Crippen LogP contribution in [0.15, 0.2) is 29.8 Å². The normalized spacial score (nSPS) is 17.3. The van der Waals surface area contributed by atoms with Crippen LogP contribution in [0.3, 0.4) is 0 Å². The second-order valence-corrected chi connectivity index (χ2v) is 6.25. The molecule has 0 spiro atoms. The number of hydrogen-bond donors (Lipinski definition) is 1. The Hall–Kier alpha value is -2.02. The monoisotopic (exact) mass is 320 g/mol. The van der Waals surface area contributed by atoms with Gasteiger partial charge in [0.25, 0.3) is 0 Å². The minimum absolute atomic E-state index is 0.225. The van der Waals surface area contributed by atoms with E-state index in [1.54, 1.807) is 29.3 Å². The number of rotatable bonds is 2. The first kappa shape index (κ1) is 14.9. The highest BCUT2D eigenvalue weighted by Crippen LogP contribution is 2.35. The Morgan fingerprint density at radius 3 is 2.77 bits per heavy atom. The van der Waals surface area contributed by atoms with Crippen LogP contribution in [0.25, 0.3) is 0 Å². The second kappa shape index (κ2) is 6.00. The lowest BCUT2D eigenvalue weighted by atomic mass is 9.90. The number of carbonyl (C=O) groups excluding carboxylic acids is 1. The van der Waals surface area contributed by atoms with Crippen molar-refractivity contribution in [2.45, 2.75) is 25.4 Å². The molecule has 0 unspecified atom stereocenters. The van der Waals surface area contributed by atoms with Crippen molar-refractivity contribution in [1.29, 1.82) is 0 Å². The number of nitrogens with one attached hydrogen (secondary N) is 1. The molecule has 0 aliphatic carbocycles. The maximum atomic E-state index is 14.9. The summed E-state index contributed by atoms with van der Waals surface area (Å²) in [7, 11) is 0. The van der Waals surface area contributed by atoms with Gasteiger partial charge in [0.15, 0.2) is 10.8 Å². The molecule has 5 nitrogen and oxygen atoms in total. The minimum atomic E-state index is -1.45. The molecular weight excluding hydrogens is 303 g/mol. The molecule has 1 fully saturated rings. The van der Waals surface area contributed by atoms with Gasteiger partial charge < -0.3 is 4.90 Å². The van der Waals surface area contributed by atoms with E-state index < -0.39 is 5.67 Å². The van der Waals surface area contributed by atoms with Gasteiger partial charge >= 0.3 is 6.03 Å². The summed E-state index contributed by atoms with van der Waals surface area (Å²) in [5, 5.41) is 5.20. The first-order valence-corrected chi connectivity index (χ1v) is 8.03. The number of thiazole rings is 1. The highest BCUT2D eigenvalue weighted by atomic mass is 32.1. The summed E-state index contributed by atoms with van der Waals surface area (Å²) >= 11 is 1.38. The number of anilines is 1. The summed E-state index contributed by atoms with van der Waals surface area (Å²) in [5.41, 5.74) is -0.127. The topological polar surface area (TPSA) is 58.1 Å². The highest BCUT2D eigenvalue weighted by Gasteiger charge is 2.38. The van der Waals surface area contributed by atoms with E-state index in [2.05, 4.69) is 15.3 Å². The molecule has 2 aromatic heterocycles. The van der Waals surface area contributed by atoms with Crippen LogP contribution < -0.4 is 5.32 Å². The Kier molecular flexibility index (Phi) is 4.06. The number of nitrogens with zero attached hydrogens (tertiary/aromatic N) is 3. The van der Waals surface area contributed by atoms with Gasteiger partial charge in [-0.05, 0) is 19.1 Å². The Bertz CT molecular complexity index is 653. The summed E-state index contributed by atoms with van der Waals surface area (Å²) in [6.45, 7) is 2.60. The molecule has 116 valence electrons. The van der Waals surface area contributed by atoms with Crippen LogP contribution in [0.2, 0.25) is 0 Å². The van der Waals surface area contributed by atoms with Crippen molar-refractivity contribution in [2.24, 2.45) is 0 Å². The smallest absolute Gasteiger partial charge is 0.323 e. The van der Waals surface area contributed by atoms with Crippen LogP contribution in [-0.4, -0.2) is 34.0 Å². The molecule has 0 saturated carbocycles. The van der Waals surface area contributed by atoms with Gasteiger partial charge in [-0.1, -0.05) is 6.07 Å². The summed E-state index contributed by atoms with van der Waals surface area (Å²) in [6.07, 6.45) is 2.11. The zero-order chi connectivity index (χ0) is 15.6. The summed E-state index contributed by atoms with van der Waals surface area (Å²) in [5.74, 6) is 0. The first-order valence-electron chi connectivity index (χ1n) is 7.15. The van der Waals surface area contributed by atoms with E-state index >= 15 is 0 Å². The molecule has 1 saturated heterocycles. The molecule has 0 bridgehead atoms. The fourth-order valence-corrected chi connectivity index (χ4v) is 3.21. The minimum Gasteiger partial charge on any atom is -0.324 e. The van der Waals surface area contributed by atoms with Crippen molar-refractivity contribution in [1.82, 2.24) is 14.9 Å². The van der Waals surface area contributed by atoms with Gasteiger partial charge in [0.2, 0.25) is 0 Å². The Morgan fingerprint density at radius 2 is 2.18 bits per heavy atom. The van der Waals surface area contributed by atoms with Crippen molar-refractivity contribution in [3.05, 3.63) is 41.2 Å². The number of alkyl halides is 1. The molecule has 1 aliphatic heterocycles. The maximum Gasteiger partial charge on any atom is 0.323 e. The van der Waals surface area contributed by atoms with Crippen LogP contribution in [0.4, 0.5) is 14.3 Å². The Labute approximate surface area is 132 Å². The molecule has 0 radical (unpaired) electrons. The lowest BCUT2D eigenvalue weighted by Gasteiger charge is -2.35. The van der Waals surface area contributed by atoms with Crippen LogP contribution in [0.5, 0.6) is 0 Å². The third-order valence-electron chi connectivity index (χ3n) is 3.80. The summed E-state index contributed by atoms with van der Waals surface area (Å²) in [6, 6.07) is 5.03. The molecule has 22 heavy (non-hydrogen) atoms. The number of hydrogen-bond acceptors (Lipinski definition) is 4. The summed E-state index contributed by atoms with van der Waals surface area (Å²) < 4.78 is 14.9. The Morgan fingerprint density at radius 1 is 1.41 bits per heavy atom. The van der Waals surface area contributed by atoms with Crippen LogP contribution >= 0.6 is 11.3 Å². The van der Waals surface area contributed by atoms with E-state index in [-0.39, 0.29) is 18.9 Å². The van der Waals surface area contributed by atoms with Gasteiger partial charge in [-0.3, -0.25) is 10.3 Å². The number of likely N-dealkylation sites (tertiary alicyclic amines) is 1. The van der Waals surface area contributed by atoms with Gasteiger partial charge in [-0.2, -0.15) is 0 Å². The first-order chi connectivity index (χ1) is 10.6. The molecule has 2 aromatic rings. The zero-order valence-electron chi connectivity index (χ0n) is 12.3. The molecule has 1 aliphatic rings. The highest BCUT2D eigenvalue weighted by molar-refractivity contribution is 7.13.